The molecule has 0 saturated heterocycles. The summed E-state index contributed by atoms with van der Waals surface area (Å²) in [5.41, 5.74) is 2.82. The molecule has 0 radical (unpaired) electrons. The first-order valence-corrected chi connectivity index (χ1v) is 7.76. The van der Waals surface area contributed by atoms with Gasteiger partial charge in [-0.3, -0.25) is 0 Å². The van der Waals surface area contributed by atoms with E-state index in [9.17, 15) is 0 Å². The van der Waals surface area contributed by atoms with Crippen molar-refractivity contribution in [3.8, 4) is 0 Å². The Balaban J connectivity index is 1.99. The summed E-state index contributed by atoms with van der Waals surface area (Å²) >= 11 is 0. The first-order valence-electron chi connectivity index (χ1n) is 7.76. The zero-order chi connectivity index (χ0) is 14.2. The lowest BCUT2D eigenvalue weighted by atomic mass is 9.93. The van der Waals surface area contributed by atoms with Gasteiger partial charge < -0.3 is 14.8 Å². The molecule has 2 unspecified atom stereocenters. The van der Waals surface area contributed by atoms with Crippen LogP contribution in [0.3, 0.4) is 0 Å². The molecule has 0 fully saturated rings. The minimum atomic E-state index is 0.228. The third-order valence-corrected chi connectivity index (χ3v) is 3.94. The van der Waals surface area contributed by atoms with E-state index in [2.05, 4.69) is 36.5 Å². The summed E-state index contributed by atoms with van der Waals surface area (Å²) in [5.74, 6) is 0. The van der Waals surface area contributed by atoms with Gasteiger partial charge in [0.05, 0.1) is 12.7 Å². The fraction of sp³-hybridized carbons (Fsp3) is 0.647. The molecule has 0 spiro atoms. The van der Waals surface area contributed by atoms with Gasteiger partial charge >= 0.3 is 0 Å². The van der Waals surface area contributed by atoms with E-state index >= 15 is 0 Å². The number of ether oxygens (including phenoxy) is 2. The van der Waals surface area contributed by atoms with Crippen molar-refractivity contribution < 1.29 is 9.47 Å². The molecule has 3 heteroatoms. The van der Waals surface area contributed by atoms with E-state index in [0.29, 0.717) is 6.04 Å². The summed E-state index contributed by atoms with van der Waals surface area (Å²) in [6.45, 7) is 4.90. The second-order valence-corrected chi connectivity index (χ2v) is 5.48. The van der Waals surface area contributed by atoms with Crippen molar-refractivity contribution >= 4 is 0 Å². The number of benzene rings is 1. The second-order valence-electron chi connectivity index (χ2n) is 5.48. The maximum atomic E-state index is 6.01. The van der Waals surface area contributed by atoms with E-state index in [-0.39, 0.29) is 6.10 Å². The summed E-state index contributed by atoms with van der Waals surface area (Å²) in [5, 5.41) is 3.62. The molecule has 0 aromatic heterocycles. The Morgan fingerprint density at radius 1 is 1.40 bits per heavy atom. The van der Waals surface area contributed by atoms with Crippen LogP contribution in [-0.2, 0) is 15.9 Å². The Kier molecular flexibility index (Phi) is 6.51. The predicted molar refractivity (Wildman–Crippen MR) is 82.0 cm³/mol. The van der Waals surface area contributed by atoms with Crippen LogP contribution in [0.1, 0.15) is 43.4 Å². The molecular weight excluding hydrogens is 250 g/mol. The van der Waals surface area contributed by atoms with Gasteiger partial charge in [-0.15, -0.1) is 0 Å². The summed E-state index contributed by atoms with van der Waals surface area (Å²) in [4.78, 5) is 0. The van der Waals surface area contributed by atoms with Gasteiger partial charge in [-0.2, -0.15) is 0 Å². The van der Waals surface area contributed by atoms with Crippen LogP contribution in [0.15, 0.2) is 24.3 Å². The largest absolute Gasteiger partial charge is 0.385 e. The normalized spacial score (nSPS) is 19.6. The average molecular weight is 277 g/mol. The molecule has 1 aromatic rings. The highest BCUT2D eigenvalue weighted by atomic mass is 16.5. The zero-order valence-corrected chi connectivity index (χ0v) is 12.7. The maximum Gasteiger partial charge on any atom is 0.0842 e. The monoisotopic (exact) mass is 277 g/mol. The number of methoxy groups -OCH3 is 1. The van der Waals surface area contributed by atoms with E-state index < -0.39 is 0 Å². The summed E-state index contributed by atoms with van der Waals surface area (Å²) in [6, 6.07) is 9.15. The van der Waals surface area contributed by atoms with Crippen molar-refractivity contribution in [1.29, 1.82) is 0 Å². The molecule has 2 atom stereocenters. The average Bonchev–Trinajstić information content (AvgIpc) is 2.50. The van der Waals surface area contributed by atoms with Crippen LogP contribution in [0, 0.1) is 0 Å². The smallest absolute Gasteiger partial charge is 0.0842 e. The van der Waals surface area contributed by atoms with E-state index in [1.54, 1.807) is 7.11 Å². The minimum Gasteiger partial charge on any atom is -0.385 e. The lowest BCUT2D eigenvalue weighted by Crippen LogP contribution is -2.34. The van der Waals surface area contributed by atoms with Crippen LogP contribution in [-0.4, -0.2) is 32.9 Å². The van der Waals surface area contributed by atoms with Gasteiger partial charge in [0.25, 0.3) is 0 Å². The van der Waals surface area contributed by atoms with Crippen molar-refractivity contribution in [3.05, 3.63) is 35.4 Å². The Morgan fingerprint density at radius 2 is 2.25 bits per heavy atom. The van der Waals surface area contributed by atoms with Crippen molar-refractivity contribution in [3.63, 3.8) is 0 Å². The van der Waals surface area contributed by atoms with Gasteiger partial charge in [0, 0.05) is 19.8 Å². The summed E-state index contributed by atoms with van der Waals surface area (Å²) in [7, 11) is 1.77. The number of hydrogen-bond acceptors (Lipinski definition) is 3. The SMILES string of the molecule is CCCNC(CCOC)CC1OCCc2ccccc21. The van der Waals surface area contributed by atoms with Crippen LogP contribution in [0.5, 0.6) is 0 Å². The number of hydrogen-bond donors (Lipinski definition) is 1. The predicted octanol–water partition coefficient (Wildman–Crippen LogP) is 3.10. The van der Waals surface area contributed by atoms with Crippen LogP contribution >= 0.6 is 0 Å². The second kappa shape index (κ2) is 8.40. The quantitative estimate of drug-likeness (QED) is 0.792. The molecule has 1 N–H and O–H groups in total. The van der Waals surface area contributed by atoms with Crippen LogP contribution < -0.4 is 5.32 Å². The molecule has 3 nitrogen and oxygen atoms in total. The number of nitrogens with one attached hydrogen (secondary N) is 1. The van der Waals surface area contributed by atoms with Gasteiger partial charge in [0.1, 0.15) is 0 Å². The molecule has 2 rings (SSSR count). The molecule has 1 heterocycles. The molecule has 1 aliphatic rings. The Bertz CT molecular complexity index is 386. The maximum absolute atomic E-state index is 6.01. The molecular formula is C17H27NO2. The molecule has 0 saturated carbocycles. The first-order chi connectivity index (χ1) is 9.85. The fourth-order valence-corrected chi connectivity index (χ4v) is 2.84. The molecule has 0 amide bonds. The molecule has 20 heavy (non-hydrogen) atoms. The standard InChI is InChI=1S/C17H27NO2/c1-3-10-18-15(9-11-19-2)13-17-16-7-5-4-6-14(16)8-12-20-17/h4-7,15,17-18H,3,8-13H2,1-2H3. The highest BCUT2D eigenvalue weighted by Crippen LogP contribution is 2.30. The molecule has 0 bridgehead atoms. The van der Waals surface area contributed by atoms with Gasteiger partial charge in [0.15, 0.2) is 0 Å². The van der Waals surface area contributed by atoms with Crippen molar-refractivity contribution in [2.45, 2.75) is 44.8 Å². The lowest BCUT2D eigenvalue weighted by molar-refractivity contribution is 0.0268. The number of fused-ring (bicyclic) bond motifs is 1. The molecule has 0 aliphatic carbocycles. The Labute approximate surface area is 122 Å². The Hall–Kier alpha value is -0.900. The van der Waals surface area contributed by atoms with Gasteiger partial charge in [-0.1, -0.05) is 31.2 Å². The molecule has 1 aromatic carbocycles. The van der Waals surface area contributed by atoms with Crippen LogP contribution in [0.25, 0.3) is 0 Å². The third-order valence-electron chi connectivity index (χ3n) is 3.94. The Morgan fingerprint density at radius 3 is 3.05 bits per heavy atom. The molecule has 112 valence electrons. The van der Waals surface area contributed by atoms with Gasteiger partial charge in [0.2, 0.25) is 0 Å². The van der Waals surface area contributed by atoms with E-state index in [0.717, 1.165) is 45.4 Å². The van der Waals surface area contributed by atoms with Crippen LogP contribution in [0.2, 0.25) is 0 Å². The molecule has 1 aliphatic heterocycles. The van der Waals surface area contributed by atoms with E-state index in [4.69, 9.17) is 9.47 Å². The van der Waals surface area contributed by atoms with Crippen LogP contribution in [0.4, 0.5) is 0 Å². The highest BCUT2D eigenvalue weighted by Gasteiger charge is 2.23. The van der Waals surface area contributed by atoms with E-state index in [1.807, 2.05) is 0 Å². The van der Waals surface area contributed by atoms with Crippen molar-refractivity contribution in [2.24, 2.45) is 0 Å². The summed E-state index contributed by atoms with van der Waals surface area (Å²) in [6.07, 6.45) is 4.49. The van der Waals surface area contributed by atoms with Crippen molar-refractivity contribution in [1.82, 2.24) is 5.32 Å². The highest BCUT2D eigenvalue weighted by molar-refractivity contribution is 5.31. The number of rotatable bonds is 8. The van der Waals surface area contributed by atoms with E-state index in [1.165, 1.54) is 11.1 Å². The fourth-order valence-electron chi connectivity index (χ4n) is 2.84. The lowest BCUT2D eigenvalue weighted by Gasteiger charge is -2.29. The topological polar surface area (TPSA) is 30.5 Å². The third kappa shape index (κ3) is 4.30. The van der Waals surface area contributed by atoms with Gasteiger partial charge in [-0.25, -0.2) is 0 Å². The van der Waals surface area contributed by atoms with Gasteiger partial charge in [-0.05, 0) is 43.4 Å². The zero-order valence-electron chi connectivity index (χ0n) is 12.7. The summed E-state index contributed by atoms with van der Waals surface area (Å²) < 4.78 is 11.2. The first kappa shape index (κ1) is 15.5. The van der Waals surface area contributed by atoms with Crippen molar-refractivity contribution in [2.75, 3.05) is 26.9 Å². The minimum absolute atomic E-state index is 0.228.